The average molecular weight is 271 g/mol. The fourth-order valence-corrected chi connectivity index (χ4v) is 2.79. The lowest BCUT2D eigenvalue weighted by Gasteiger charge is -2.40. The van der Waals surface area contributed by atoms with Gasteiger partial charge in [0.15, 0.2) is 0 Å². The van der Waals surface area contributed by atoms with Crippen LogP contribution in [0.1, 0.15) is 45.1 Å². The van der Waals surface area contributed by atoms with Crippen molar-refractivity contribution in [3.05, 3.63) is 34.6 Å². The summed E-state index contributed by atoms with van der Waals surface area (Å²) in [5.74, 6) is -0.297. The lowest BCUT2D eigenvalue weighted by atomic mass is 9.69. The molecule has 0 heterocycles. The van der Waals surface area contributed by atoms with Crippen molar-refractivity contribution in [2.24, 2.45) is 5.41 Å². The van der Waals surface area contributed by atoms with Crippen LogP contribution in [0, 0.1) is 11.2 Å². The van der Waals surface area contributed by atoms with E-state index >= 15 is 0 Å². The summed E-state index contributed by atoms with van der Waals surface area (Å²) in [5.41, 5.74) is 0.282. The van der Waals surface area contributed by atoms with Crippen molar-refractivity contribution in [1.82, 2.24) is 0 Å². The largest absolute Gasteiger partial charge is 0.390 e. The molecule has 1 aliphatic rings. The molecule has 1 aromatic rings. The summed E-state index contributed by atoms with van der Waals surface area (Å²) < 4.78 is 13.2. The molecule has 3 heteroatoms. The van der Waals surface area contributed by atoms with Gasteiger partial charge in [-0.15, -0.1) is 0 Å². The highest BCUT2D eigenvalue weighted by Gasteiger charge is 2.36. The van der Waals surface area contributed by atoms with E-state index < -0.39 is 5.60 Å². The Kier molecular flexibility index (Phi) is 3.70. The van der Waals surface area contributed by atoms with Crippen LogP contribution in [-0.4, -0.2) is 10.7 Å². The van der Waals surface area contributed by atoms with Crippen molar-refractivity contribution in [3.63, 3.8) is 0 Å². The zero-order chi connectivity index (χ0) is 13.4. The first-order valence-electron chi connectivity index (χ1n) is 6.46. The average Bonchev–Trinajstić information content (AvgIpc) is 2.29. The molecule has 0 spiro atoms. The molecule has 1 nitrogen and oxygen atoms in total. The van der Waals surface area contributed by atoms with E-state index in [0.717, 1.165) is 25.7 Å². The zero-order valence-electron chi connectivity index (χ0n) is 11.0. The van der Waals surface area contributed by atoms with Crippen LogP contribution in [-0.2, 0) is 6.42 Å². The molecule has 2 rings (SSSR count). The van der Waals surface area contributed by atoms with Gasteiger partial charge in [-0.2, -0.15) is 0 Å². The van der Waals surface area contributed by atoms with Gasteiger partial charge in [0, 0.05) is 11.4 Å². The molecule has 1 N–H and O–H groups in total. The Labute approximate surface area is 113 Å². The van der Waals surface area contributed by atoms with Gasteiger partial charge in [-0.3, -0.25) is 0 Å². The molecule has 0 aromatic heterocycles. The van der Waals surface area contributed by atoms with Crippen LogP contribution in [0.3, 0.4) is 0 Å². The van der Waals surface area contributed by atoms with Crippen molar-refractivity contribution in [2.75, 3.05) is 0 Å². The van der Waals surface area contributed by atoms with Crippen molar-refractivity contribution >= 4 is 11.6 Å². The molecule has 0 saturated heterocycles. The van der Waals surface area contributed by atoms with Crippen molar-refractivity contribution in [2.45, 2.75) is 51.6 Å². The summed E-state index contributed by atoms with van der Waals surface area (Å²) in [5, 5.41) is 11.1. The van der Waals surface area contributed by atoms with Crippen LogP contribution in [0.25, 0.3) is 0 Å². The van der Waals surface area contributed by atoms with Crippen LogP contribution in [0.15, 0.2) is 18.2 Å². The predicted octanol–water partition coefficient (Wildman–Crippen LogP) is 4.35. The van der Waals surface area contributed by atoms with Crippen molar-refractivity contribution in [1.29, 1.82) is 0 Å². The van der Waals surface area contributed by atoms with Gasteiger partial charge in [0.05, 0.1) is 5.60 Å². The number of hydrogen-bond acceptors (Lipinski definition) is 1. The minimum atomic E-state index is -0.729. The molecule has 1 fully saturated rings. The molecular weight excluding hydrogens is 251 g/mol. The molecule has 0 atom stereocenters. The van der Waals surface area contributed by atoms with Crippen molar-refractivity contribution < 1.29 is 9.50 Å². The Bertz CT molecular complexity index is 432. The second kappa shape index (κ2) is 4.82. The highest BCUT2D eigenvalue weighted by atomic mass is 35.5. The summed E-state index contributed by atoms with van der Waals surface area (Å²) in [4.78, 5) is 0. The summed E-state index contributed by atoms with van der Waals surface area (Å²) in [6.45, 7) is 4.45. The van der Waals surface area contributed by atoms with Gasteiger partial charge in [-0.1, -0.05) is 25.4 Å². The quantitative estimate of drug-likeness (QED) is 0.847. The Morgan fingerprint density at radius 3 is 2.44 bits per heavy atom. The Morgan fingerprint density at radius 1 is 1.22 bits per heavy atom. The molecule has 100 valence electrons. The Balaban J connectivity index is 2.11. The van der Waals surface area contributed by atoms with E-state index in [4.69, 9.17) is 11.6 Å². The van der Waals surface area contributed by atoms with E-state index in [1.165, 1.54) is 12.1 Å². The molecule has 0 bridgehead atoms. The number of halogens is 2. The fourth-order valence-electron chi connectivity index (χ4n) is 2.60. The van der Waals surface area contributed by atoms with E-state index in [2.05, 4.69) is 13.8 Å². The standard InChI is InChI=1S/C15H20ClFO/c1-14(2)5-7-15(18,8-6-14)10-11-9-12(17)3-4-13(11)16/h3-4,9,18H,5-8,10H2,1-2H3. The third-order valence-corrected chi connectivity index (χ3v) is 4.43. The molecule has 18 heavy (non-hydrogen) atoms. The monoisotopic (exact) mass is 270 g/mol. The molecule has 1 aliphatic carbocycles. The first-order chi connectivity index (χ1) is 8.30. The Morgan fingerprint density at radius 2 is 1.83 bits per heavy atom. The summed E-state index contributed by atoms with van der Waals surface area (Å²) in [6, 6.07) is 4.34. The van der Waals surface area contributed by atoms with Gasteiger partial charge in [0.2, 0.25) is 0 Å². The molecule has 0 radical (unpaired) electrons. The molecule has 1 aromatic carbocycles. The third-order valence-electron chi connectivity index (χ3n) is 4.06. The van der Waals surface area contributed by atoms with Crippen LogP contribution < -0.4 is 0 Å². The van der Waals surface area contributed by atoms with E-state index in [0.29, 0.717) is 22.4 Å². The lowest BCUT2D eigenvalue weighted by Crippen LogP contribution is -2.38. The summed E-state index contributed by atoms with van der Waals surface area (Å²) in [7, 11) is 0. The van der Waals surface area contributed by atoms with E-state index in [9.17, 15) is 9.50 Å². The number of rotatable bonds is 2. The first kappa shape index (κ1) is 13.8. The molecular formula is C15H20ClFO. The van der Waals surface area contributed by atoms with Gasteiger partial charge in [-0.05, 0) is 54.9 Å². The normalized spacial score (nSPS) is 21.8. The molecule has 1 saturated carbocycles. The Hall–Kier alpha value is -0.600. The minimum absolute atomic E-state index is 0.297. The minimum Gasteiger partial charge on any atom is -0.390 e. The maximum Gasteiger partial charge on any atom is 0.123 e. The molecule has 0 amide bonds. The van der Waals surface area contributed by atoms with Crippen molar-refractivity contribution in [3.8, 4) is 0 Å². The van der Waals surface area contributed by atoms with E-state index in [-0.39, 0.29) is 5.82 Å². The SMILES string of the molecule is CC1(C)CCC(O)(Cc2cc(F)ccc2Cl)CC1. The fraction of sp³-hybridized carbons (Fsp3) is 0.600. The van der Waals surface area contributed by atoms with Gasteiger partial charge >= 0.3 is 0 Å². The summed E-state index contributed by atoms with van der Waals surface area (Å²) in [6.07, 6.45) is 3.95. The number of benzene rings is 1. The smallest absolute Gasteiger partial charge is 0.123 e. The van der Waals surface area contributed by atoms with Crippen LogP contribution in [0.2, 0.25) is 5.02 Å². The summed E-state index contributed by atoms with van der Waals surface area (Å²) >= 11 is 6.06. The van der Waals surface area contributed by atoms with Gasteiger partial charge in [0.25, 0.3) is 0 Å². The van der Waals surface area contributed by atoms with Gasteiger partial charge in [0.1, 0.15) is 5.82 Å². The molecule has 0 unspecified atom stereocenters. The third kappa shape index (κ3) is 3.24. The topological polar surface area (TPSA) is 20.2 Å². The molecule has 0 aliphatic heterocycles. The highest BCUT2D eigenvalue weighted by molar-refractivity contribution is 6.31. The first-order valence-corrected chi connectivity index (χ1v) is 6.84. The zero-order valence-corrected chi connectivity index (χ0v) is 11.7. The maximum absolute atomic E-state index is 13.2. The predicted molar refractivity (Wildman–Crippen MR) is 72.3 cm³/mol. The lowest BCUT2D eigenvalue weighted by molar-refractivity contribution is -0.0251. The van der Waals surface area contributed by atoms with Crippen LogP contribution in [0.5, 0.6) is 0 Å². The van der Waals surface area contributed by atoms with Gasteiger partial charge < -0.3 is 5.11 Å². The van der Waals surface area contributed by atoms with Crippen LogP contribution >= 0.6 is 11.6 Å². The number of hydrogen-bond donors (Lipinski definition) is 1. The van der Waals surface area contributed by atoms with Crippen LogP contribution in [0.4, 0.5) is 4.39 Å². The van der Waals surface area contributed by atoms with E-state index in [1.54, 1.807) is 6.07 Å². The second-order valence-corrected chi connectivity index (χ2v) is 6.71. The second-order valence-electron chi connectivity index (χ2n) is 6.30. The highest BCUT2D eigenvalue weighted by Crippen LogP contribution is 2.42. The maximum atomic E-state index is 13.2. The van der Waals surface area contributed by atoms with Gasteiger partial charge in [-0.25, -0.2) is 4.39 Å². The van der Waals surface area contributed by atoms with E-state index in [1.807, 2.05) is 0 Å². The number of aliphatic hydroxyl groups is 1.